The van der Waals surface area contributed by atoms with E-state index < -0.39 is 52.0 Å². The fourth-order valence-electron chi connectivity index (χ4n) is 2.10. The number of ether oxygens (including phenoxy) is 2. The zero-order valence-corrected chi connectivity index (χ0v) is 16.6. The normalized spacial score (nSPS) is 12.5. The van der Waals surface area contributed by atoms with E-state index in [0.717, 1.165) is 12.1 Å². The van der Waals surface area contributed by atoms with Crippen molar-refractivity contribution in [1.29, 1.82) is 0 Å². The lowest BCUT2D eigenvalue weighted by atomic mass is 10.2. The van der Waals surface area contributed by atoms with Crippen molar-refractivity contribution in [2.45, 2.75) is 24.2 Å². The van der Waals surface area contributed by atoms with Crippen molar-refractivity contribution in [2.75, 3.05) is 17.9 Å². The lowest BCUT2D eigenvalue weighted by Crippen LogP contribution is -2.22. The highest BCUT2D eigenvalue weighted by atomic mass is 35.5. The molecule has 0 aliphatic rings. The monoisotopic (exact) mass is 477 g/mol. The first kappa shape index (κ1) is 23.9. The van der Waals surface area contributed by atoms with Crippen molar-refractivity contribution in [3.8, 4) is 11.5 Å². The second-order valence-corrected chi connectivity index (χ2v) is 8.04. The summed E-state index contributed by atoms with van der Waals surface area (Å²) in [6, 6.07) is 6.36. The van der Waals surface area contributed by atoms with Gasteiger partial charge in [0.2, 0.25) is 0 Å². The summed E-state index contributed by atoms with van der Waals surface area (Å²) in [5.74, 6) is -1.26. The van der Waals surface area contributed by atoms with Gasteiger partial charge >= 0.3 is 12.4 Å². The van der Waals surface area contributed by atoms with Gasteiger partial charge in [-0.25, -0.2) is 8.42 Å². The van der Waals surface area contributed by atoms with E-state index in [1.807, 2.05) is 0 Å². The average molecular weight is 478 g/mol. The summed E-state index contributed by atoms with van der Waals surface area (Å²) in [6.45, 7) is -1.88. The molecule has 2 aromatic carbocycles. The molecule has 0 aliphatic carbocycles. The third-order valence-corrected chi connectivity index (χ3v) is 5.23. The maximum atomic E-state index is 12.7. The molecule has 0 saturated carbocycles. The average Bonchev–Trinajstić information content (AvgIpc) is 2.60. The summed E-state index contributed by atoms with van der Waals surface area (Å²) in [6.07, 6.45) is -9.48. The van der Waals surface area contributed by atoms with Crippen LogP contribution in [0.25, 0.3) is 0 Å². The van der Waals surface area contributed by atoms with Gasteiger partial charge in [0.25, 0.3) is 10.0 Å². The van der Waals surface area contributed by atoms with E-state index >= 15 is 0 Å². The summed E-state index contributed by atoms with van der Waals surface area (Å²) in [5, 5.41) is 0.214. The third-order valence-electron chi connectivity index (χ3n) is 3.42. The number of halogens is 7. The molecule has 0 fully saturated rings. The molecule has 0 spiro atoms. The molecule has 13 heteroatoms. The smallest absolute Gasteiger partial charge is 0.422 e. The van der Waals surface area contributed by atoms with Crippen LogP contribution in [0.5, 0.6) is 11.5 Å². The summed E-state index contributed by atoms with van der Waals surface area (Å²) in [7, 11) is -4.58. The first-order valence-electron chi connectivity index (χ1n) is 7.98. The molecule has 0 radical (unpaired) electrons. The molecular weight excluding hydrogens is 464 g/mol. The third kappa shape index (κ3) is 7.17. The fraction of sp³-hybridized carbons (Fsp3) is 0.294. The number of nitrogens with one attached hydrogen (secondary N) is 1. The number of alkyl halides is 6. The summed E-state index contributed by atoms with van der Waals surface area (Å²) in [4.78, 5) is -0.844. The van der Waals surface area contributed by atoms with Crippen LogP contribution in [0.15, 0.2) is 41.3 Å². The lowest BCUT2D eigenvalue weighted by molar-refractivity contribution is -0.154. The van der Waals surface area contributed by atoms with Crippen LogP contribution in [0.4, 0.5) is 32.0 Å². The van der Waals surface area contributed by atoms with Crippen molar-refractivity contribution in [2.24, 2.45) is 0 Å². The van der Waals surface area contributed by atoms with Crippen LogP contribution in [0.3, 0.4) is 0 Å². The molecule has 5 nitrogen and oxygen atoms in total. The SMILES string of the molecule is Cc1ccc(NS(=O)(=O)c2cc(OCC(F)(F)F)ccc2OCC(F)(F)F)cc1Cl. The molecule has 1 N–H and O–H groups in total. The van der Waals surface area contributed by atoms with Gasteiger partial charge in [-0.15, -0.1) is 0 Å². The van der Waals surface area contributed by atoms with E-state index in [-0.39, 0.29) is 10.7 Å². The van der Waals surface area contributed by atoms with Crippen molar-refractivity contribution in [3.63, 3.8) is 0 Å². The van der Waals surface area contributed by atoms with Crippen molar-refractivity contribution >= 4 is 27.3 Å². The molecule has 166 valence electrons. The van der Waals surface area contributed by atoms with E-state index in [2.05, 4.69) is 14.2 Å². The number of rotatable bonds is 7. The molecule has 2 aromatic rings. The number of sulfonamides is 1. The van der Waals surface area contributed by atoms with Crippen molar-refractivity contribution in [1.82, 2.24) is 0 Å². The van der Waals surface area contributed by atoms with Crippen LogP contribution in [-0.4, -0.2) is 34.0 Å². The first-order chi connectivity index (χ1) is 13.7. The number of anilines is 1. The minimum absolute atomic E-state index is 0.0195. The van der Waals surface area contributed by atoms with Crippen LogP contribution in [-0.2, 0) is 10.0 Å². The Morgan fingerprint density at radius 2 is 1.53 bits per heavy atom. The van der Waals surface area contributed by atoms with Gasteiger partial charge in [-0.2, -0.15) is 26.3 Å². The second kappa shape index (κ2) is 8.80. The molecule has 2 rings (SSSR count). The summed E-state index contributed by atoms with van der Waals surface area (Å²) >= 11 is 5.92. The number of aryl methyl sites for hydroxylation is 1. The Kier molecular flexibility index (Phi) is 7.02. The van der Waals surface area contributed by atoms with Gasteiger partial charge in [0.15, 0.2) is 13.2 Å². The minimum Gasteiger partial charge on any atom is -0.484 e. The highest BCUT2D eigenvalue weighted by Crippen LogP contribution is 2.32. The Balaban J connectivity index is 2.41. The predicted octanol–water partition coefficient (Wildman–Crippen LogP) is 5.33. The van der Waals surface area contributed by atoms with E-state index in [4.69, 9.17) is 11.6 Å². The van der Waals surface area contributed by atoms with Gasteiger partial charge in [-0.3, -0.25) is 4.72 Å². The van der Waals surface area contributed by atoms with Crippen LogP contribution >= 0.6 is 11.6 Å². The van der Waals surface area contributed by atoms with Gasteiger partial charge in [0.1, 0.15) is 16.4 Å². The van der Waals surface area contributed by atoms with Crippen LogP contribution in [0, 0.1) is 6.92 Å². The first-order valence-corrected chi connectivity index (χ1v) is 9.84. The minimum atomic E-state index is -4.77. The fourth-order valence-corrected chi connectivity index (χ4v) is 3.49. The van der Waals surface area contributed by atoms with E-state index in [1.54, 1.807) is 6.92 Å². The maximum absolute atomic E-state index is 12.7. The molecule has 0 saturated heterocycles. The zero-order chi connectivity index (χ0) is 22.7. The quantitative estimate of drug-likeness (QED) is 0.547. The van der Waals surface area contributed by atoms with E-state index in [9.17, 15) is 34.8 Å². The van der Waals surface area contributed by atoms with Gasteiger partial charge in [-0.05, 0) is 36.8 Å². The van der Waals surface area contributed by atoms with Crippen LogP contribution in [0.2, 0.25) is 5.02 Å². The number of benzene rings is 2. The van der Waals surface area contributed by atoms with E-state index in [0.29, 0.717) is 11.6 Å². The Morgan fingerprint density at radius 1 is 0.933 bits per heavy atom. The zero-order valence-electron chi connectivity index (χ0n) is 15.1. The standard InChI is InChI=1S/C17H14ClF6NO4S/c1-10-2-3-11(6-13(10)18)25-30(26,27)15-7-12(28-8-16(19,20)21)4-5-14(15)29-9-17(22,23)24/h2-7,25H,8-9H2,1H3. The lowest BCUT2D eigenvalue weighted by Gasteiger charge is -2.16. The Morgan fingerprint density at radius 3 is 2.10 bits per heavy atom. The molecule has 0 aromatic heterocycles. The number of hydrogen-bond acceptors (Lipinski definition) is 4. The molecule has 0 atom stereocenters. The van der Waals surface area contributed by atoms with Crippen molar-refractivity contribution < 1.29 is 44.2 Å². The molecule has 0 unspecified atom stereocenters. The molecule has 0 bridgehead atoms. The molecular formula is C17H14ClF6NO4S. The van der Waals surface area contributed by atoms with Crippen LogP contribution < -0.4 is 14.2 Å². The maximum Gasteiger partial charge on any atom is 0.422 e. The van der Waals surface area contributed by atoms with Gasteiger partial charge in [0.05, 0.1) is 5.69 Å². The van der Waals surface area contributed by atoms with Gasteiger partial charge in [0, 0.05) is 11.1 Å². The summed E-state index contributed by atoms with van der Waals surface area (Å²) < 4.78 is 111. The van der Waals surface area contributed by atoms with Gasteiger partial charge in [-0.1, -0.05) is 17.7 Å². The summed E-state index contributed by atoms with van der Waals surface area (Å²) in [5.41, 5.74) is 0.616. The highest BCUT2D eigenvalue weighted by molar-refractivity contribution is 7.92. The van der Waals surface area contributed by atoms with E-state index in [1.165, 1.54) is 18.2 Å². The largest absolute Gasteiger partial charge is 0.484 e. The Labute approximate surface area is 172 Å². The van der Waals surface area contributed by atoms with Gasteiger partial charge < -0.3 is 9.47 Å². The van der Waals surface area contributed by atoms with Crippen LogP contribution in [0.1, 0.15) is 5.56 Å². The molecule has 0 aliphatic heterocycles. The second-order valence-electron chi connectivity index (χ2n) is 5.99. The van der Waals surface area contributed by atoms with Crippen molar-refractivity contribution in [3.05, 3.63) is 47.0 Å². The highest BCUT2D eigenvalue weighted by Gasteiger charge is 2.31. The molecule has 30 heavy (non-hydrogen) atoms. The predicted molar refractivity (Wildman–Crippen MR) is 96.5 cm³/mol. The Bertz CT molecular complexity index is 1010. The Hall–Kier alpha value is -2.34. The number of hydrogen-bond donors (Lipinski definition) is 1. The molecule has 0 amide bonds. The molecule has 0 heterocycles. The topological polar surface area (TPSA) is 64.6 Å².